The van der Waals surface area contributed by atoms with Gasteiger partial charge in [0.05, 0.1) is 12.7 Å². The Morgan fingerprint density at radius 2 is 1.46 bits per heavy atom. The van der Waals surface area contributed by atoms with E-state index in [1.54, 1.807) is 13.2 Å². The number of fused-ring (bicyclic) bond motifs is 1. The third-order valence-corrected chi connectivity index (χ3v) is 6.61. The highest BCUT2D eigenvalue weighted by Gasteiger charge is 2.20. The van der Waals surface area contributed by atoms with Crippen molar-refractivity contribution in [3.05, 3.63) is 108 Å². The normalized spacial score (nSPS) is 13.6. The molecule has 186 valence electrons. The van der Waals surface area contributed by atoms with Crippen molar-refractivity contribution in [3.63, 3.8) is 0 Å². The predicted octanol–water partition coefficient (Wildman–Crippen LogP) is 5.46. The fourth-order valence-corrected chi connectivity index (χ4v) is 4.54. The lowest BCUT2D eigenvalue weighted by atomic mass is 10.1. The van der Waals surface area contributed by atoms with Crippen LogP contribution in [0.1, 0.15) is 15.9 Å². The van der Waals surface area contributed by atoms with Crippen LogP contribution in [0.4, 0.5) is 11.4 Å². The first-order chi connectivity index (χ1) is 18.1. The molecule has 6 heteroatoms. The van der Waals surface area contributed by atoms with Gasteiger partial charge in [-0.1, -0.05) is 54.6 Å². The van der Waals surface area contributed by atoms with Gasteiger partial charge in [-0.05, 0) is 58.8 Å². The Labute approximate surface area is 216 Å². The van der Waals surface area contributed by atoms with Gasteiger partial charge >= 0.3 is 0 Å². The largest absolute Gasteiger partial charge is 0.496 e. The minimum absolute atomic E-state index is 0.0330. The average molecular weight is 492 g/mol. The third-order valence-electron chi connectivity index (χ3n) is 6.61. The summed E-state index contributed by atoms with van der Waals surface area (Å²) in [5, 5.41) is 4.99. The van der Waals surface area contributed by atoms with Gasteiger partial charge in [-0.15, -0.1) is 0 Å². The van der Waals surface area contributed by atoms with E-state index in [0.717, 1.165) is 35.1 Å². The fraction of sp³-hybridized carbons (Fsp3) is 0.161. The Morgan fingerprint density at radius 1 is 0.811 bits per heavy atom. The fourth-order valence-electron chi connectivity index (χ4n) is 4.54. The number of amides is 2. The van der Waals surface area contributed by atoms with E-state index in [1.807, 2.05) is 102 Å². The first kappa shape index (κ1) is 24.1. The average Bonchev–Trinajstić information content (AvgIpc) is 2.96. The van der Waals surface area contributed by atoms with Crippen LogP contribution in [0.5, 0.6) is 5.75 Å². The molecular formula is C31H29N3O3. The van der Waals surface area contributed by atoms with Crippen LogP contribution in [0.25, 0.3) is 16.8 Å². The van der Waals surface area contributed by atoms with Gasteiger partial charge in [0.15, 0.2) is 0 Å². The molecule has 0 bridgehead atoms. The molecular weight excluding hydrogens is 462 g/mol. The van der Waals surface area contributed by atoms with E-state index in [-0.39, 0.29) is 11.8 Å². The van der Waals surface area contributed by atoms with E-state index in [0.29, 0.717) is 30.1 Å². The molecule has 1 fully saturated rings. The van der Waals surface area contributed by atoms with E-state index < -0.39 is 0 Å². The van der Waals surface area contributed by atoms with E-state index in [9.17, 15) is 9.59 Å². The van der Waals surface area contributed by atoms with Gasteiger partial charge in [0.1, 0.15) is 5.75 Å². The number of benzene rings is 4. The summed E-state index contributed by atoms with van der Waals surface area (Å²) in [7, 11) is 1.57. The second-order valence-electron chi connectivity index (χ2n) is 8.96. The number of ether oxygens (including phenoxy) is 1. The molecule has 1 aliphatic heterocycles. The molecule has 1 N–H and O–H groups in total. The molecule has 0 saturated carbocycles. The van der Waals surface area contributed by atoms with Gasteiger partial charge in [-0.25, -0.2) is 0 Å². The van der Waals surface area contributed by atoms with Crippen molar-refractivity contribution in [2.24, 2.45) is 0 Å². The zero-order valence-corrected chi connectivity index (χ0v) is 20.8. The number of carbonyl (C=O) groups is 2. The molecule has 6 nitrogen and oxygen atoms in total. The van der Waals surface area contributed by atoms with Crippen LogP contribution in [-0.2, 0) is 4.79 Å². The molecule has 4 aromatic rings. The van der Waals surface area contributed by atoms with Crippen LogP contribution < -0.4 is 15.0 Å². The number of nitrogens with zero attached hydrogens (tertiary/aromatic N) is 2. The lowest BCUT2D eigenvalue weighted by Gasteiger charge is -2.35. The third kappa shape index (κ3) is 5.64. The molecule has 1 saturated heterocycles. The summed E-state index contributed by atoms with van der Waals surface area (Å²) in [4.78, 5) is 29.7. The summed E-state index contributed by atoms with van der Waals surface area (Å²) in [6.07, 6.45) is 3.50. The first-order valence-corrected chi connectivity index (χ1v) is 12.4. The molecule has 37 heavy (non-hydrogen) atoms. The van der Waals surface area contributed by atoms with Gasteiger partial charge in [0.25, 0.3) is 5.91 Å². The molecule has 0 aromatic heterocycles. The topological polar surface area (TPSA) is 61.9 Å². The van der Waals surface area contributed by atoms with Crippen LogP contribution in [0.3, 0.4) is 0 Å². The minimum Gasteiger partial charge on any atom is -0.496 e. The van der Waals surface area contributed by atoms with E-state index in [4.69, 9.17) is 4.74 Å². The molecule has 1 aliphatic rings. The number of hydrogen-bond donors (Lipinski definition) is 1. The summed E-state index contributed by atoms with van der Waals surface area (Å²) in [6.45, 7) is 2.84. The molecule has 0 unspecified atom stereocenters. The first-order valence-electron chi connectivity index (χ1n) is 12.4. The van der Waals surface area contributed by atoms with Crippen molar-refractivity contribution in [3.8, 4) is 5.75 Å². The predicted molar refractivity (Wildman–Crippen MR) is 149 cm³/mol. The van der Waals surface area contributed by atoms with Crippen molar-refractivity contribution in [2.45, 2.75) is 0 Å². The monoisotopic (exact) mass is 491 g/mol. The molecule has 1 heterocycles. The summed E-state index contributed by atoms with van der Waals surface area (Å²) < 4.78 is 5.47. The van der Waals surface area contributed by atoms with Crippen LogP contribution in [-0.4, -0.2) is 50.0 Å². The highest BCUT2D eigenvalue weighted by atomic mass is 16.5. The van der Waals surface area contributed by atoms with Crippen LogP contribution >= 0.6 is 0 Å². The molecule has 0 aliphatic carbocycles. The molecule has 0 spiro atoms. The van der Waals surface area contributed by atoms with Crippen LogP contribution in [0, 0.1) is 0 Å². The Kier molecular flexibility index (Phi) is 7.17. The zero-order chi connectivity index (χ0) is 25.6. The van der Waals surface area contributed by atoms with E-state index >= 15 is 0 Å². The molecule has 2 amide bonds. The summed E-state index contributed by atoms with van der Waals surface area (Å²) >= 11 is 0. The maximum Gasteiger partial charge on any atom is 0.259 e. The summed E-state index contributed by atoms with van der Waals surface area (Å²) in [5.41, 5.74) is 3.28. The summed E-state index contributed by atoms with van der Waals surface area (Å²) in [6, 6.07) is 29.3. The molecule has 0 atom stereocenters. The SMILES string of the molecule is COc1cc2ccccc2cc1C(=O)Nc1ccc(N2CCN(C(=O)/C=C/c3ccccc3)CC2)cc1. The van der Waals surface area contributed by atoms with Gasteiger partial charge < -0.3 is 19.9 Å². The van der Waals surface area contributed by atoms with Crippen molar-refractivity contribution in [1.82, 2.24) is 4.90 Å². The van der Waals surface area contributed by atoms with Crippen molar-refractivity contribution in [2.75, 3.05) is 43.5 Å². The summed E-state index contributed by atoms with van der Waals surface area (Å²) in [5.74, 6) is 0.357. The number of piperazine rings is 1. The Hall–Kier alpha value is -4.58. The Bertz CT molecular complexity index is 1420. The smallest absolute Gasteiger partial charge is 0.259 e. The second kappa shape index (κ2) is 11.0. The highest BCUT2D eigenvalue weighted by molar-refractivity contribution is 6.08. The standard InChI is InChI=1S/C31H29N3O3/c1-37-29-22-25-10-6-5-9-24(25)21-28(29)31(36)32-26-12-14-27(15-13-26)33-17-19-34(20-18-33)30(35)16-11-23-7-3-2-4-8-23/h2-16,21-22H,17-20H2,1H3,(H,32,36)/b16-11+. The van der Waals surface area contributed by atoms with Crippen molar-refractivity contribution >= 4 is 40.0 Å². The Morgan fingerprint density at radius 3 is 2.14 bits per heavy atom. The number of rotatable bonds is 6. The molecule has 5 rings (SSSR count). The maximum atomic E-state index is 13.0. The van der Waals surface area contributed by atoms with Crippen LogP contribution in [0.2, 0.25) is 0 Å². The van der Waals surface area contributed by atoms with Crippen molar-refractivity contribution in [1.29, 1.82) is 0 Å². The zero-order valence-electron chi connectivity index (χ0n) is 20.8. The van der Waals surface area contributed by atoms with Crippen LogP contribution in [0.15, 0.2) is 97.1 Å². The maximum absolute atomic E-state index is 13.0. The van der Waals surface area contributed by atoms with Crippen molar-refractivity contribution < 1.29 is 14.3 Å². The molecule has 0 radical (unpaired) electrons. The lowest BCUT2D eigenvalue weighted by Crippen LogP contribution is -2.48. The lowest BCUT2D eigenvalue weighted by molar-refractivity contribution is -0.126. The number of anilines is 2. The minimum atomic E-state index is -0.217. The number of carbonyl (C=O) groups excluding carboxylic acids is 2. The number of methoxy groups -OCH3 is 1. The quantitative estimate of drug-likeness (QED) is 0.364. The number of hydrogen-bond acceptors (Lipinski definition) is 4. The highest BCUT2D eigenvalue weighted by Crippen LogP contribution is 2.27. The molecule has 4 aromatic carbocycles. The Balaban J connectivity index is 1.18. The van der Waals surface area contributed by atoms with Gasteiger partial charge in [-0.3, -0.25) is 9.59 Å². The van der Waals surface area contributed by atoms with E-state index in [2.05, 4.69) is 10.2 Å². The number of nitrogens with one attached hydrogen (secondary N) is 1. The van der Waals surface area contributed by atoms with E-state index in [1.165, 1.54) is 0 Å². The van der Waals surface area contributed by atoms with Gasteiger partial charge in [0.2, 0.25) is 5.91 Å². The van der Waals surface area contributed by atoms with Gasteiger partial charge in [0, 0.05) is 43.6 Å². The van der Waals surface area contributed by atoms with Gasteiger partial charge in [-0.2, -0.15) is 0 Å². The second-order valence-corrected chi connectivity index (χ2v) is 8.96.